The average molecular weight is 244 g/mol. The third kappa shape index (κ3) is 2.25. The van der Waals surface area contributed by atoms with Crippen LogP contribution in [0.2, 0.25) is 0 Å². The molecule has 0 aliphatic heterocycles. The number of carbonyl (C=O) groups excluding carboxylic acids is 1. The maximum atomic E-state index is 12.0. The number of hydrogen-bond donors (Lipinski definition) is 1. The molecule has 0 aromatic carbocycles. The van der Waals surface area contributed by atoms with Crippen LogP contribution in [0.4, 0.5) is 0 Å². The molecule has 1 unspecified atom stereocenters. The van der Waals surface area contributed by atoms with Crippen LogP contribution in [0.5, 0.6) is 0 Å². The van der Waals surface area contributed by atoms with Gasteiger partial charge in [-0.05, 0) is 19.1 Å². The molecule has 1 N–H and O–H groups in total. The van der Waals surface area contributed by atoms with Gasteiger partial charge in [0.25, 0.3) is 5.91 Å². The lowest BCUT2D eigenvalue weighted by Gasteiger charge is -2.08. The van der Waals surface area contributed by atoms with E-state index in [1.165, 1.54) is 6.26 Å². The number of nitriles is 1. The molecule has 0 saturated carbocycles. The van der Waals surface area contributed by atoms with Crippen LogP contribution in [0, 0.1) is 18.3 Å². The second kappa shape index (κ2) is 4.75. The van der Waals surface area contributed by atoms with E-state index in [-0.39, 0.29) is 5.91 Å². The van der Waals surface area contributed by atoms with Crippen molar-refractivity contribution < 1.29 is 9.21 Å². The zero-order chi connectivity index (χ0) is 13.1. The summed E-state index contributed by atoms with van der Waals surface area (Å²) in [5.74, 6) is 0.0657. The third-order valence-corrected chi connectivity index (χ3v) is 2.49. The minimum atomic E-state index is -0.799. The van der Waals surface area contributed by atoms with Crippen LogP contribution < -0.4 is 5.32 Å². The summed E-state index contributed by atoms with van der Waals surface area (Å²) in [5, 5.41) is 15.7. The largest absolute Gasteiger partial charge is 0.466 e. The Morgan fingerprint density at radius 3 is 2.94 bits per heavy atom. The van der Waals surface area contributed by atoms with E-state index < -0.39 is 6.04 Å². The first kappa shape index (κ1) is 11.9. The van der Waals surface area contributed by atoms with Crippen LogP contribution in [-0.2, 0) is 7.05 Å². The first-order valence-electron chi connectivity index (χ1n) is 5.36. The smallest absolute Gasteiger partial charge is 0.256 e. The number of amides is 1. The number of furan rings is 1. The molecule has 0 radical (unpaired) electrons. The topological polar surface area (TPSA) is 83.9 Å². The molecule has 0 aliphatic rings. The average Bonchev–Trinajstić information content (AvgIpc) is 2.95. The standard InChI is InChI=1S/C12H12N4O2/c1-8-9(7-16(2)15-8)12(17)14-10(6-13)11-4-3-5-18-11/h3-5,7,10H,1-2H3,(H,14,17). The molecule has 0 saturated heterocycles. The van der Waals surface area contributed by atoms with Gasteiger partial charge in [-0.3, -0.25) is 9.48 Å². The Morgan fingerprint density at radius 1 is 1.67 bits per heavy atom. The molecule has 2 aromatic rings. The summed E-state index contributed by atoms with van der Waals surface area (Å²) >= 11 is 0. The number of nitrogens with one attached hydrogen (secondary N) is 1. The summed E-state index contributed by atoms with van der Waals surface area (Å²) in [4.78, 5) is 12.0. The molecule has 92 valence electrons. The van der Waals surface area contributed by atoms with Crippen molar-refractivity contribution >= 4 is 5.91 Å². The summed E-state index contributed by atoms with van der Waals surface area (Å²) in [5.41, 5.74) is 1.07. The van der Waals surface area contributed by atoms with E-state index in [0.717, 1.165) is 0 Å². The van der Waals surface area contributed by atoms with Crippen LogP contribution in [0.15, 0.2) is 29.0 Å². The Hall–Kier alpha value is -2.55. The highest BCUT2D eigenvalue weighted by molar-refractivity contribution is 5.95. The second-order valence-corrected chi connectivity index (χ2v) is 3.85. The molecule has 0 spiro atoms. The predicted octanol–water partition coefficient (Wildman–Crippen LogP) is 1.32. The monoisotopic (exact) mass is 244 g/mol. The Balaban J connectivity index is 2.16. The van der Waals surface area contributed by atoms with Crippen LogP contribution in [0.1, 0.15) is 27.9 Å². The molecule has 0 aliphatic carbocycles. The van der Waals surface area contributed by atoms with Crippen molar-refractivity contribution in [3.05, 3.63) is 41.6 Å². The summed E-state index contributed by atoms with van der Waals surface area (Å²) in [6.07, 6.45) is 3.07. The third-order valence-electron chi connectivity index (χ3n) is 2.49. The molecule has 6 nitrogen and oxygen atoms in total. The normalized spacial score (nSPS) is 11.8. The van der Waals surface area contributed by atoms with Gasteiger partial charge in [0.2, 0.25) is 0 Å². The number of carbonyl (C=O) groups is 1. The molecular weight excluding hydrogens is 232 g/mol. The molecule has 2 rings (SSSR count). The van der Waals surface area contributed by atoms with Gasteiger partial charge in [0.05, 0.1) is 23.6 Å². The highest BCUT2D eigenvalue weighted by Crippen LogP contribution is 2.14. The fourth-order valence-electron chi connectivity index (χ4n) is 1.65. The van der Waals surface area contributed by atoms with Gasteiger partial charge in [-0.2, -0.15) is 10.4 Å². The number of nitrogens with zero attached hydrogens (tertiary/aromatic N) is 3. The lowest BCUT2D eigenvalue weighted by molar-refractivity contribution is 0.0941. The van der Waals surface area contributed by atoms with E-state index in [1.807, 2.05) is 6.07 Å². The van der Waals surface area contributed by atoms with Crippen molar-refractivity contribution in [1.82, 2.24) is 15.1 Å². The van der Waals surface area contributed by atoms with Crippen molar-refractivity contribution in [3.63, 3.8) is 0 Å². The molecule has 6 heteroatoms. The highest BCUT2D eigenvalue weighted by atomic mass is 16.3. The first-order valence-corrected chi connectivity index (χ1v) is 5.36. The quantitative estimate of drug-likeness (QED) is 0.882. The molecule has 1 amide bonds. The van der Waals surface area contributed by atoms with Crippen LogP contribution in [0.25, 0.3) is 0 Å². The van der Waals surface area contributed by atoms with Crippen molar-refractivity contribution in [2.24, 2.45) is 7.05 Å². The van der Waals surface area contributed by atoms with Crippen LogP contribution in [0.3, 0.4) is 0 Å². The van der Waals surface area contributed by atoms with Crippen LogP contribution in [-0.4, -0.2) is 15.7 Å². The fraction of sp³-hybridized carbons (Fsp3) is 0.250. The zero-order valence-electron chi connectivity index (χ0n) is 10.0. The van der Waals surface area contributed by atoms with E-state index in [4.69, 9.17) is 9.68 Å². The molecule has 2 heterocycles. The summed E-state index contributed by atoms with van der Waals surface area (Å²) in [6, 6.07) is 4.49. The number of hydrogen-bond acceptors (Lipinski definition) is 4. The van der Waals surface area contributed by atoms with Crippen molar-refractivity contribution in [3.8, 4) is 6.07 Å². The van der Waals surface area contributed by atoms with Gasteiger partial charge in [-0.25, -0.2) is 0 Å². The van der Waals surface area contributed by atoms with Crippen molar-refractivity contribution in [2.45, 2.75) is 13.0 Å². The molecule has 0 bridgehead atoms. The summed E-state index contributed by atoms with van der Waals surface area (Å²) < 4.78 is 6.65. The highest BCUT2D eigenvalue weighted by Gasteiger charge is 2.19. The zero-order valence-corrected chi connectivity index (χ0v) is 10.0. The predicted molar refractivity (Wildman–Crippen MR) is 62.5 cm³/mol. The van der Waals surface area contributed by atoms with Gasteiger partial charge in [0, 0.05) is 13.2 Å². The Kier molecular flexibility index (Phi) is 3.15. The molecular formula is C12H12N4O2. The van der Waals surface area contributed by atoms with E-state index in [1.54, 1.807) is 37.0 Å². The van der Waals surface area contributed by atoms with Gasteiger partial charge >= 0.3 is 0 Å². The number of rotatable bonds is 3. The maximum absolute atomic E-state index is 12.0. The molecule has 2 aromatic heterocycles. The van der Waals surface area contributed by atoms with Crippen molar-refractivity contribution in [2.75, 3.05) is 0 Å². The van der Waals surface area contributed by atoms with Gasteiger partial charge in [-0.15, -0.1) is 0 Å². The molecule has 0 fully saturated rings. The van der Waals surface area contributed by atoms with Gasteiger partial charge in [0.15, 0.2) is 6.04 Å². The summed E-state index contributed by atoms with van der Waals surface area (Å²) in [7, 11) is 1.73. The Bertz CT molecular complexity index is 592. The lowest BCUT2D eigenvalue weighted by Crippen LogP contribution is -2.27. The van der Waals surface area contributed by atoms with E-state index in [2.05, 4.69) is 10.4 Å². The molecule has 18 heavy (non-hydrogen) atoms. The van der Waals surface area contributed by atoms with E-state index in [0.29, 0.717) is 17.0 Å². The van der Waals surface area contributed by atoms with Gasteiger partial charge in [0.1, 0.15) is 5.76 Å². The SMILES string of the molecule is Cc1nn(C)cc1C(=O)NC(C#N)c1ccco1. The van der Waals surface area contributed by atoms with Gasteiger partial charge < -0.3 is 9.73 Å². The van der Waals surface area contributed by atoms with E-state index >= 15 is 0 Å². The number of aryl methyl sites for hydroxylation is 2. The first-order chi connectivity index (χ1) is 8.61. The fourth-order valence-corrected chi connectivity index (χ4v) is 1.65. The van der Waals surface area contributed by atoms with Gasteiger partial charge in [-0.1, -0.05) is 0 Å². The number of aromatic nitrogens is 2. The van der Waals surface area contributed by atoms with E-state index in [9.17, 15) is 4.79 Å². The van der Waals surface area contributed by atoms with Crippen LogP contribution >= 0.6 is 0 Å². The maximum Gasteiger partial charge on any atom is 0.256 e. The minimum absolute atomic E-state index is 0.344. The lowest BCUT2D eigenvalue weighted by atomic mass is 10.2. The summed E-state index contributed by atoms with van der Waals surface area (Å²) in [6.45, 7) is 1.74. The molecule has 1 atom stereocenters. The van der Waals surface area contributed by atoms with Crippen molar-refractivity contribution in [1.29, 1.82) is 5.26 Å². The second-order valence-electron chi connectivity index (χ2n) is 3.85. The Morgan fingerprint density at radius 2 is 2.44 bits per heavy atom. The minimum Gasteiger partial charge on any atom is -0.466 e. The Labute approximate surface area is 104 Å².